The lowest BCUT2D eigenvalue weighted by atomic mass is 9.87. The van der Waals surface area contributed by atoms with Crippen molar-refractivity contribution < 1.29 is 26.7 Å². The minimum absolute atomic E-state index is 0.0504. The number of piperidine rings is 1. The second kappa shape index (κ2) is 13.7. The van der Waals surface area contributed by atoms with Crippen LogP contribution in [0, 0.1) is 18.3 Å². The van der Waals surface area contributed by atoms with Crippen molar-refractivity contribution >= 4 is 23.4 Å². The molecule has 0 saturated carbocycles. The molecule has 12 heteroatoms. The van der Waals surface area contributed by atoms with E-state index in [1.54, 1.807) is 33.0 Å². The van der Waals surface area contributed by atoms with E-state index in [1.807, 2.05) is 13.8 Å². The molecule has 3 N–H and O–H groups in total. The van der Waals surface area contributed by atoms with Gasteiger partial charge in [-0.1, -0.05) is 19.9 Å². The van der Waals surface area contributed by atoms with Crippen molar-refractivity contribution in [2.45, 2.75) is 65.6 Å². The molecule has 0 radical (unpaired) electrons. The van der Waals surface area contributed by atoms with Crippen molar-refractivity contribution in [1.29, 1.82) is 5.41 Å². The normalized spacial score (nSPS) is 20.8. The second-order valence-electron chi connectivity index (χ2n) is 9.84. The Labute approximate surface area is 231 Å². The van der Waals surface area contributed by atoms with E-state index in [-0.39, 0.29) is 17.9 Å². The molecule has 2 heterocycles. The number of pyridine rings is 1. The van der Waals surface area contributed by atoms with Crippen molar-refractivity contribution in [3.8, 4) is 0 Å². The van der Waals surface area contributed by atoms with Crippen molar-refractivity contribution in [2.75, 3.05) is 20.1 Å². The molecule has 220 valence electrons. The predicted molar refractivity (Wildman–Crippen MR) is 147 cm³/mol. The number of halogens is 5. The third-order valence-corrected chi connectivity index (χ3v) is 6.69. The molecule has 1 fully saturated rings. The van der Waals surface area contributed by atoms with E-state index >= 15 is 0 Å². The van der Waals surface area contributed by atoms with Gasteiger partial charge in [0, 0.05) is 44.2 Å². The number of rotatable bonds is 10. The molecule has 2 rings (SSSR count). The molecule has 0 bridgehead atoms. The molecular weight excluding hydrogens is 531 g/mol. The highest BCUT2D eigenvalue weighted by Crippen LogP contribution is 2.35. The van der Waals surface area contributed by atoms with Crippen LogP contribution in [-0.4, -0.2) is 66.0 Å². The summed E-state index contributed by atoms with van der Waals surface area (Å²) in [5, 5.41) is 14.4. The van der Waals surface area contributed by atoms with Gasteiger partial charge in [-0.15, -0.1) is 0 Å². The predicted octanol–water partition coefficient (Wildman–Crippen LogP) is 5.65. The number of likely N-dealkylation sites (tertiary alicyclic amines) is 1. The lowest BCUT2D eigenvalue weighted by Crippen LogP contribution is -2.59. The molecule has 1 aromatic heterocycles. The maximum absolute atomic E-state index is 14.7. The van der Waals surface area contributed by atoms with Gasteiger partial charge in [-0.25, -0.2) is 13.8 Å². The number of amides is 1. The summed E-state index contributed by atoms with van der Waals surface area (Å²) in [6, 6.07) is 2.65. The maximum atomic E-state index is 14.7. The van der Waals surface area contributed by atoms with E-state index in [1.165, 1.54) is 19.3 Å². The number of carbonyl (C=O) groups is 1. The molecule has 1 saturated heterocycles. The number of aliphatic imine (C=N–C) groups is 1. The van der Waals surface area contributed by atoms with Gasteiger partial charge in [-0.3, -0.25) is 15.2 Å². The Balaban J connectivity index is 2.40. The van der Waals surface area contributed by atoms with Gasteiger partial charge in [0.1, 0.15) is 11.5 Å². The van der Waals surface area contributed by atoms with Crippen molar-refractivity contribution in [3.63, 3.8) is 0 Å². The second-order valence-corrected chi connectivity index (χ2v) is 9.84. The van der Waals surface area contributed by atoms with Gasteiger partial charge in [0.05, 0.1) is 23.9 Å². The monoisotopic (exact) mass is 568 g/mol. The van der Waals surface area contributed by atoms with E-state index in [0.29, 0.717) is 23.9 Å². The van der Waals surface area contributed by atoms with Crippen LogP contribution in [0.4, 0.5) is 22.0 Å². The lowest BCUT2D eigenvalue weighted by molar-refractivity contribution is -0.145. The summed E-state index contributed by atoms with van der Waals surface area (Å²) in [6.07, 6.45) is -0.0355. The van der Waals surface area contributed by atoms with Gasteiger partial charge in [-0.2, -0.15) is 13.2 Å². The zero-order valence-corrected chi connectivity index (χ0v) is 23.6. The minimum atomic E-state index is -4.58. The smallest absolute Gasteiger partial charge is 0.393 e. The molecule has 1 unspecified atom stereocenters. The van der Waals surface area contributed by atoms with Gasteiger partial charge in [-0.05, 0) is 56.4 Å². The maximum Gasteiger partial charge on any atom is 0.417 e. The molecule has 0 aromatic carbocycles. The van der Waals surface area contributed by atoms with E-state index in [2.05, 4.69) is 20.6 Å². The summed E-state index contributed by atoms with van der Waals surface area (Å²) in [5.41, 5.74) is 0.525. The van der Waals surface area contributed by atoms with E-state index < -0.39 is 54.2 Å². The Kier molecular flexibility index (Phi) is 11.2. The van der Waals surface area contributed by atoms with Crippen LogP contribution in [-0.2, 0) is 4.79 Å². The highest BCUT2D eigenvalue weighted by Gasteiger charge is 2.47. The summed E-state index contributed by atoms with van der Waals surface area (Å²) in [6.45, 7) is 7.21. The minimum Gasteiger partial charge on any atom is -0.393 e. The molecule has 1 aromatic rings. The Morgan fingerprint density at radius 3 is 2.58 bits per heavy atom. The highest BCUT2D eigenvalue weighted by molar-refractivity contribution is 6.54. The Morgan fingerprint density at radius 2 is 2.02 bits per heavy atom. The molecule has 1 aliphatic rings. The number of aromatic nitrogens is 1. The standard InChI is InChI=1S/C28H37F5N6O/c1-7-18(4)25(37-13-20(8-2)28(31,32)33)38-15-23-19(5)12-27(29,30)16-39(23)26(40)24(34)21(14-35-6)22-11-17(3)9-10-36-22/h8-11,13-14,19,23,34-35,38H,7,12,15-16H2,1-6H3/b20-8+,21-14-,25-18+,34-24?,37-13-/t19?,23-/m1/s1. The van der Waals surface area contributed by atoms with Crippen molar-refractivity contribution in [2.24, 2.45) is 10.9 Å². The largest absolute Gasteiger partial charge is 0.417 e. The zero-order valence-electron chi connectivity index (χ0n) is 23.6. The molecule has 1 amide bonds. The fourth-order valence-electron chi connectivity index (χ4n) is 4.36. The summed E-state index contributed by atoms with van der Waals surface area (Å²) >= 11 is 0. The van der Waals surface area contributed by atoms with Gasteiger partial charge in [0.2, 0.25) is 0 Å². The molecule has 0 aliphatic carbocycles. The van der Waals surface area contributed by atoms with Crippen LogP contribution >= 0.6 is 0 Å². The highest BCUT2D eigenvalue weighted by atomic mass is 19.4. The van der Waals surface area contributed by atoms with Crippen LogP contribution in [0.3, 0.4) is 0 Å². The Hall–Kier alpha value is -3.57. The van der Waals surface area contributed by atoms with Gasteiger partial charge in [0.15, 0.2) is 0 Å². The number of aryl methyl sites for hydroxylation is 1. The third kappa shape index (κ3) is 8.46. The van der Waals surface area contributed by atoms with Crippen LogP contribution in [0.2, 0.25) is 0 Å². The lowest BCUT2D eigenvalue weighted by Gasteiger charge is -2.43. The van der Waals surface area contributed by atoms with E-state index in [4.69, 9.17) is 5.41 Å². The Bertz CT molecular complexity index is 1200. The number of hydrogen-bond donors (Lipinski definition) is 3. The topological polar surface area (TPSA) is 93.5 Å². The first-order valence-corrected chi connectivity index (χ1v) is 12.9. The van der Waals surface area contributed by atoms with Crippen LogP contribution in [0.5, 0.6) is 0 Å². The van der Waals surface area contributed by atoms with Crippen molar-refractivity contribution in [3.05, 3.63) is 58.8 Å². The van der Waals surface area contributed by atoms with Gasteiger partial charge in [0.25, 0.3) is 11.8 Å². The number of carbonyl (C=O) groups excluding carboxylic acids is 1. The summed E-state index contributed by atoms with van der Waals surface area (Å²) in [4.78, 5) is 22.8. The number of alkyl halides is 5. The number of nitrogens with one attached hydrogen (secondary N) is 3. The number of nitrogens with zero attached hydrogens (tertiary/aromatic N) is 3. The molecular formula is C28H37F5N6O. The molecule has 7 nitrogen and oxygen atoms in total. The summed E-state index contributed by atoms with van der Waals surface area (Å²) < 4.78 is 69.0. The first kappa shape index (κ1) is 32.6. The average Bonchev–Trinajstić information content (AvgIpc) is 2.87. The third-order valence-electron chi connectivity index (χ3n) is 6.69. The molecule has 0 spiro atoms. The first-order chi connectivity index (χ1) is 18.6. The van der Waals surface area contributed by atoms with Crippen LogP contribution in [0.15, 0.2) is 52.6 Å². The quantitative estimate of drug-likeness (QED) is 0.251. The van der Waals surface area contributed by atoms with Gasteiger partial charge < -0.3 is 15.5 Å². The van der Waals surface area contributed by atoms with Crippen LogP contribution < -0.4 is 10.6 Å². The van der Waals surface area contributed by atoms with E-state index in [0.717, 1.165) is 16.5 Å². The van der Waals surface area contributed by atoms with Crippen molar-refractivity contribution in [1.82, 2.24) is 20.5 Å². The number of allylic oxidation sites excluding steroid dienone is 3. The molecule has 40 heavy (non-hydrogen) atoms. The fraction of sp³-hybridized carbons (Fsp3) is 0.500. The zero-order chi connectivity index (χ0) is 30.3. The first-order valence-electron chi connectivity index (χ1n) is 12.9. The van der Waals surface area contributed by atoms with Crippen LogP contribution in [0.1, 0.15) is 51.8 Å². The van der Waals surface area contributed by atoms with E-state index in [9.17, 15) is 26.7 Å². The summed E-state index contributed by atoms with van der Waals surface area (Å²) in [5.74, 6) is -4.60. The molecule has 2 atom stereocenters. The summed E-state index contributed by atoms with van der Waals surface area (Å²) in [7, 11) is 1.58. The molecule has 1 aliphatic heterocycles. The SMILES string of the molecule is C\C=C(/C=N\C(NC[C@@H]1C(C)CC(F)(F)CN1C(=O)C(=N)/C(=C\NC)c1cc(C)ccn1)=C(\C)CC)C(F)(F)F. The van der Waals surface area contributed by atoms with Gasteiger partial charge >= 0.3 is 6.18 Å². The fourth-order valence-corrected chi connectivity index (χ4v) is 4.36. The Morgan fingerprint density at radius 1 is 1.35 bits per heavy atom. The number of hydrogen-bond acceptors (Lipinski definition) is 6. The average molecular weight is 569 g/mol. The van der Waals surface area contributed by atoms with Crippen LogP contribution in [0.25, 0.3) is 5.57 Å².